The first-order valence-corrected chi connectivity index (χ1v) is 7.24. The van der Waals surface area contributed by atoms with Crippen LogP contribution in [-0.4, -0.2) is 29.7 Å². The molecule has 0 N–H and O–H groups in total. The van der Waals surface area contributed by atoms with Crippen LogP contribution in [0.4, 0.5) is 0 Å². The van der Waals surface area contributed by atoms with Crippen LogP contribution >= 0.6 is 22.6 Å². The molecular formula is C8H13IN2O2S. The molecule has 0 unspecified atom stereocenters. The van der Waals surface area contributed by atoms with Gasteiger partial charge in [0.05, 0.1) is 12.3 Å². The second kappa shape index (κ2) is 4.61. The maximum atomic E-state index is 11.2. The minimum atomic E-state index is -2.88. The highest BCUT2D eigenvalue weighted by atomic mass is 127. The van der Waals surface area contributed by atoms with Crippen LogP contribution in [0.25, 0.3) is 0 Å². The van der Waals surface area contributed by atoms with E-state index in [2.05, 4.69) is 27.7 Å². The van der Waals surface area contributed by atoms with Crippen molar-refractivity contribution in [2.24, 2.45) is 0 Å². The van der Waals surface area contributed by atoms with E-state index in [0.29, 0.717) is 6.54 Å². The molecule has 0 aliphatic carbocycles. The summed E-state index contributed by atoms with van der Waals surface area (Å²) in [5.74, 6) is 0.366. The third-order valence-corrected chi connectivity index (χ3v) is 4.71. The summed E-state index contributed by atoms with van der Waals surface area (Å²) >= 11 is 2.13. The Morgan fingerprint density at radius 2 is 2.21 bits per heavy atom. The van der Waals surface area contributed by atoms with Gasteiger partial charge < -0.3 is 0 Å². The predicted octanol–water partition coefficient (Wildman–Crippen LogP) is 1.23. The minimum Gasteiger partial charge on any atom is -0.270 e. The summed E-state index contributed by atoms with van der Waals surface area (Å²) in [6.07, 6.45) is 1.87. The molecule has 0 fully saturated rings. The maximum Gasteiger partial charge on any atom is 0.151 e. The minimum absolute atomic E-state index is 0.167. The monoisotopic (exact) mass is 328 g/mol. The van der Waals surface area contributed by atoms with Crippen LogP contribution in [0.5, 0.6) is 0 Å². The molecule has 1 aromatic rings. The number of aryl methyl sites for hydroxylation is 2. The van der Waals surface area contributed by atoms with E-state index in [1.807, 2.05) is 13.1 Å². The van der Waals surface area contributed by atoms with Gasteiger partial charge in [-0.2, -0.15) is 5.10 Å². The number of halogens is 1. The number of hydrogen-bond donors (Lipinski definition) is 0. The second-order valence-electron chi connectivity index (χ2n) is 3.10. The zero-order chi connectivity index (χ0) is 10.8. The van der Waals surface area contributed by atoms with Crippen molar-refractivity contribution in [3.8, 4) is 0 Å². The Morgan fingerprint density at radius 3 is 2.64 bits per heavy atom. The van der Waals surface area contributed by atoms with E-state index in [9.17, 15) is 8.42 Å². The molecule has 4 nitrogen and oxygen atoms in total. The van der Waals surface area contributed by atoms with E-state index in [0.717, 1.165) is 9.26 Å². The molecule has 14 heavy (non-hydrogen) atoms. The Hall–Kier alpha value is -0.110. The van der Waals surface area contributed by atoms with Crippen LogP contribution in [-0.2, 0) is 16.4 Å². The summed E-state index contributed by atoms with van der Waals surface area (Å²) in [6, 6.07) is 0. The molecule has 0 aliphatic heterocycles. The molecule has 0 radical (unpaired) electrons. The Kier molecular flexibility index (Phi) is 3.94. The van der Waals surface area contributed by atoms with Crippen molar-refractivity contribution in [3.63, 3.8) is 0 Å². The molecule has 0 aliphatic rings. The average Bonchev–Trinajstić information content (AvgIpc) is 2.44. The Labute approximate surface area is 97.8 Å². The number of aromatic nitrogens is 2. The topological polar surface area (TPSA) is 52.0 Å². The van der Waals surface area contributed by atoms with E-state index in [1.54, 1.807) is 11.6 Å². The normalized spacial score (nSPS) is 11.9. The lowest BCUT2D eigenvalue weighted by Crippen LogP contribution is -2.14. The molecule has 6 heteroatoms. The van der Waals surface area contributed by atoms with Gasteiger partial charge >= 0.3 is 0 Å². The molecule has 0 amide bonds. The van der Waals surface area contributed by atoms with E-state index in [-0.39, 0.29) is 11.5 Å². The van der Waals surface area contributed by atoms with Gasteiger partial charge in [0.25, 0.3) is 0 Å². The van der Waals surface area contributed by atoms with Gasteiger partial charge in [-0.05, 0) is 29.5 Å². The quantitative estimate of drug-likeness (QED) is 0.781. The first-order valence-electron chi connectivity index (χ1n) is 4.34. The molecule has 1 aromatic heterocycles. The Balaban J connectivity index is 2.63. The van der Waals surface area contributed by atoms with Gasteiger partial charge in [0.1, 0.15) is 3.70 Å². The predicted molar refractivity (Wildman–Crippen MR) is 64.0 cm³/mol. The van der Waals surface area contributed by atoms with Crippen LogP contribution in [0, 0.1) is 10.6 Å². The fraction of sp³-hybridized carbons (Fsp3) is 0.625. The van der Waals surface area contributed by atoms with Crippen molar-refractivity contribution in [3.05, 3.63) is 15.5 Å². The molecule has 80 valence electrons. The first-order chi connectivity index (χ1) is 6.44. The standard InChI is InChI=1S/C8H13IN2O2S/c1-3-14(12,13)5-4-11-6-7(2)8(9)10-11/h6H,3-5H2,1-2H3. The smallest absolute Gasteiger partial charge is 0.151 e. The molecule has 1 rings (SSSR count). The lowest BCUT2D eigenvalue weighted by Gasteiger charge is -2.00. The summed E-state index contributed by atoms with van der Waals surface area (Å²) in [5, 5.41) is 4.19. The molecule has 1 heterocycles. The molecule has 0 saturated heterocycles. The van der Waals surface area contributed by atoms with Crippen molar-refractivity contribution in [2.45, 2.75) is 20.4 Å². The summed E-state index contributed by atoms with van der Waals surface area (Å²) in [7, 11) is -2.88. The lowest BCUT2D eigenvalue weighted by molar-refractivity contribution is 0.581. The molecule has 0 bridgehead atoms. The number of nitrogens with zero attached hydrogens (tertiary/aromatic N) is 2. The zero-order valence-corrected chi connectivity index (χ0v) is 11.2. The Bertz CT molecular complexity index is 391. The maximum absolute atomic E-state index is 11.2. The highest BCUT2D eigenvalue weighted by Crippen LogP contribution is 2.07. The Morgan fingerprint density at radius 1 is 1.57 bits per heavy atom. The highest BCUT2D eigenvalue weighted by molar-refractivity contribution is 14.1. The fourth-order valence-corrected chi connectivity index (χ4v) is 2.16. The van der Waals surface area contributed by atoms with Crippen molar-refractivity contribution in [1.82, 2.24) is 9.78 Å². The van der Waals surface area contributed by atoms with E-state index in [4.69, 9.17) is 0 Å². The van der Waals surface area contributed by atoms with Crippen LogP contribution < -0.4 is 0 Å². The third kappa shape index (κ3) is 3.23. The molecule has 0 spiro atoms. The lowest BCUT2D eigenvalue weighted by atomic mass is 10.4. The molecule has 0 aromatic carbocycles. The first kappa shape index (κ1) is 12.0. The summed E-state index contributed by atoms with van der Waals surface area (Å²) in [4.78, 5) is 0. The van der Waals surface area contributed by atoms with Gasteiger partial charge in [-0.25, -0.2) is 8.42 Å². The van der Waals surface area contributed by atoms with E-state index < -0.39 is 9.84 Å². The summed E-state index contributed by atoms with van der Waals surface area (Å²) in [5.41, 5.74) is 1.08. The van der Waals surface area contributed by atoms with Crippen molar-refractivity contribution in [1.29, 1.82) is 0 Å². The van der Waals surface area contributed by atoms with Gasteiger partial charge in [0.2, 0.25) is 0 Å². The number of hydrogen-bond acceptors (Lipinski definition) is 3. The fourth-order valence-electron chi connectivity index (χ4n) is 0.989. The molecule has 0 saturated carbocycles. The van der Waals surface area contributed by atoms with E-state index in [1.165, 1.54) is 0 Å². The average molecular weight is 328 g/mol. The van der Waals surface area contributed by atoms with Gasteiger partial charge in [-0.3, -0.25) is 4.68 Å². The zero-order valence-electron chi connectivity index (χ0n) is 8.20. The van der Waals surface area contributed by atoms with Crippen molar-refractivity contribution in [2.75, 3.05) is 11.5 Å². The molecule has 0 atom stereocenters. The van der Waals surface area contributed by atoms with Crippen LogP contribution in [0.15, 0.2) is 6.20 Å². The highest BCUT2D eigenvalue weighted by Gasteiger charge is 2.08. The van der Waals surface area contributed by atoms with Gasteiger partial charge in [-0.15, -0.1) is 0 Å². The van der Waals surface area contributed by atoms with Crippen molar-refractivity contribution < 1.29 is 8.42 Å². The second-order valence-corrected chi connectivity index (χ2v) is 6.60. The SMILES string of the molecule is CCS(=O)(=O)CCn1cc(C)c(I)n1. The third-order valence-electron chi connectivity index (χ3n) is 1.96. The number of rotatable bonds is 4. The molecular weight excluding hydrogens is 315 g/mol. The van der Waals surface area contributed by atoms with Crippen LogP contribution in [0.3, 0.4) is 0 Å². The van der Waals surface area contributed by atoms with Crippen molar-refractivity contribution >= 4 is 32.4 Å². The summed E-state index contributed by atoms with van der Waals surface area (Å²) < 4.78 is 25.1. The van der Waals surface area contributed by atoms with E-state index >= 15 is 0 Å². The largest absolute Gasteiger partial charge is 0.270 e. The van der Waals surface area contributed by atoms with Gasteiger partial charge in [-0.1, -0.05) is 6.92 Å². The summed E-state index contributed by atoms with van der Waals surface area (Å²) in [6.45, 7) is 4.06. The van der Waals surface area contributed by atoms with Gasteiger partial charge in [0.15, 0.2) is 9.84 Å². The number of sulfone groups is 1. The van der Waals surface area contributed by atoms with Gasteiger partial charge in [0, 0.05) is 17.5 Å². The van der Waals surface area contributed by atoms with Crippen LogP contribution in [0.2, 0.25) is 0 Å². The van der Waals surface area contributed by atoms with Crippen LogP contribution in [0.1, 0.15) is 12.5 Å².